The Balaban J connectivity index is 1.95. The first-order valence-electron chi connectivity index (χ1n) is 8.14. The molecule has 0 aromatic carbocycles. The van der Waals surface area contributed by atoms with E-state index >= 15 is 0 Å². The van der Waals surface area contributed by atoms with Gasteiger partial charge in [0.25, 0.3) is 0 Å². The number of unbranched alkanes of at least 4 members (excludes halogenated alkanes) is 1. The van der Waals surface area contributed by atoms with Crippen LogP contribution in [0.4, 0.5) is 0 Å². The smallest absolute Gasteiger partial charge is 0.303 e. The van der Waals surface area contributed by atoms with E-state index in [2.05, 4.69) is 18.7 Å². The highest BCUT2D eigenvalue weighted by molar-refractivity contribution is 5.67. The standard InChI is InChI=1S/C16H29NO2/c1-3-5-6-13(4-2)17-14-7-8-15(17)10-12(9-14)11-16(18)19/h12-15H,3-11H2,1-2H3,(H,18,19). The van der Waals surface area contributed by atoms with Crippen LogP contribution in [0.2, 0.25) is 0 Å². The molecule has 2 heterocycles. The topological polar surface area (TPSA) is 40.5 Å². The lowest BCUT2D eigenvalue weighted by atomic mass is 9.86. The molecule has 0 radical (unpaired) electrons. The summed E-state index contributed by atoms with van der Waals surface area (Å²) < 4.78 is 0. The summed E-state index contributed by atoms with van der Waals surface area (Å²) in [6, 6.07) is 2.08. The molecule has 3 atom stereocenters. The van der Waals surface area contributed by atoms with Gasteiger partial charge in [0, 0.05) is 24.5 Å². The van der Waals surface area contributed by atoms with Crippen LogP contribution in [-0.2, 0) is 4.79 Å². The van der Waals surface area contributed by atoms with E-state index in [-0.39, 0.29) is 0 Å². The van der Waals surface area contributed by atoms with E-state index in [4.69, 9.17) is 5.11 Å². The Bertz CT molecular complexity index is 291. The van der Waals surface area contributed by atoms with E-state index in [9.17, 15) is 4.79 Å². The number of piperidine rings is 1. The Kier molecular flexibility index (Phi) is 5.26. The summed E-state index contributed by atoms with van der Waals surface area (Å²) in [4.78, 5) is 13.7. The van der Waals surface area contributed by atoms with Gasteiger partial charge in [0.1, 0.15) is 0 Å². The van der Waals surface area contributed by atoms with Gasteiger partial charge >= 0.3 is 5.97 Å². The van der Waals surface area contributed by atoms with Gasteiger partial charge in [-0.2, -0.15) is 0 Å². The fourth-order valence-electron chi connectivity index (χ4n) is 4.34. The summed E-state index contributed by atoms with van der Waals surface area (Å²) in [5.41, 5.74) is 0. The van der Waals surface area contributed by atoms with Gasteiger partial charge < -0.3 is 5.11 Å². The van der Waals surface area contributed by atoms with Crippen molar-refractivity contribution in [2.24, 2.45) is 5.92 Å². The van der Waals surface area contributed by atoms with E-state index in [0.717, 1.165) is 18.9 Å². The molecule has 0 saturated carbocycles. The Morgan fingerprint density at radius 2 is 1.89 bits per heavy atom. The summed E-state index contributed by atoms with van der Waals surface area (Å²) in [5, 5.41) is 8.98. The molecule has 2 aliphatic rings. The number of fused-ring (bicyclic) bond motifs is 2. The molecule has 2 rings (SSSR count). The Labute approximate surface area is 117 Å². The second-order valence-corrected chi connectivity index (χ2v) is 6.47. The number of aliphatic carboxylic acids is 1. The molecule has 0 aromatic heterocycles. The van der Waals surface area contributed by atoms with Crippen LogP contribution in [-0.4, -0.2) is 34.1 Å². The van der Waals surface area contributed by atoms with Gasteiger partial charge in [-0.25, -0.2) is 0 Å². The highest BCUT2D eigenvalue weighted by Gasteiger charge is 2.43. The lowest BCUT2D eigenvalue weighted by molar-refractivity contribution is -0.138. The number of carboxylic acid groups (broad SMARTS) is 1. The van der Waals surface area contributed by atoms with Gasteiger partial charge in [-0.1, -0.05) is 26.7 Å². The molecule has 19 heavy (non-hydrogen) atoms. The fourth-order valence-corrected chi connectivity index (χ4v) is 4.34. The zero-order valence-electron chi connectivity index (χ0n) is 12.5. The van der Waals surface area contributed by atoms with Crippen molar-refractivity contribution >= 4 is 5.97 Å². The van der Waals surface area contributed by atoms with Crippen LogP contribution in [0.15, 0.2) is 0 Å². The number of hydrogen-bond acceptors (Lipinski definition) is 2. The van der Waals surface area contributed by atoms with Gasteiger partial charge in [-0.3, -0.25) is 9.69 Å². The van der Waals surface area contributed by atoms with Crippen molar-refractivity contribution in [2.75, 3.05) is 0 Å². The van der Waals surface area contributed by atoms with Gasteiger partial charge in [0.15, 0.2) is 0 Å². The molecule has 110 valence electrons. The molecular formula is C16H29NO2. The van der Waals surface area contributed by atoms with E-state index < -0.39 is 5.97 Å². The number of carbonyl (C=O) groups is 1. The number of rotatable bonds is 7. The minimum atomic E-state index is -0.615. The van der Waals surface area contributed by atoms with Crippen molar-refractivity contribution in [3.8, 4) is 0 Å². The lowest BCUT2D eigenvalue weighted by Gasteiger charge is -2.43. The number of carboxylic acids is 1. The maximum atomic E-state index is 10.9. The second-order valence-electron chi connectivity index (χ2n) is 6.47. The quantitative estimate of drug-likeness (QED) is 0.765. The van der Waals surface area contributed by atoms with Crippen molar-refractivity contribution in [2.45, 2.75) is 89.8 Å². The third-order valence-electron chi connectivity index (χ3n) is 5.13. The first kappa shape index (κ1) is 14.8. The van der Waals surface area contributed by atoms with Crippen molar-refractivity contribution < 1.29 is 9.90 Å². The number of hydrogen-bond donors (Lipinski definition) is 1. The molecule has 3 heteroatoms. The summed E-state index contributed by atoms with van der Waals surface area (Å²) in [5.74, 6) is -0.189. The molecular weight excluding hydrogens is 238 g/mol. The fraction of sp³-hybridized carbons (Fsp3) is 0.938. The lowest BCUT2D eigenvalue weighted by Crippen LogP contribution is -2.48. The van der Waals surface area contributed by atoms with Gasteiger partial charge in [0.2, 0.25) is 0 Å². The van der Waals surface area contributed by atoms with E-state index in [1.54, 1.807) is 0 Å². The van der Waals surface area contributed by atoms with Crippen LogP contribution < -0.4 is 0 Å². The van der Waals surface area contributed by atoms with Gasteiger partial charge in [-0.05, 0) is 44.4 Å². The molecule has 2 aliphatic heterocycles. The first-order chi connectivity index (χ1) is 9.15. The average Bonchev–Trinajstić information content (AvgIpc) is 2.63. The molecule has 0 spiro atoms. The minimum absolute atomic E-state index is 0.382. The van der Waals surface area contributed by atoms with E-state index in [1.165, 1.54) is 38.5 Å². The van der Waals surface area contributed by atoms with Crippen LogP contribution >= 0.6 is 0 Å². The Morgan fingerprint density at radius 1 is 1.26 bits per heavy atom. The third-order valence-corrected chi connectivity index (χ3v) is 5.13. The SMILES string of the molecule is CCCCC(CC)N1C2CCC1CC(CC(=O)O)C2. The van der Waals surface area contributed by atoms with Crippen LogP contribution in [0, 0.1) is 5.92 Å². The molecule has 2 saturated heterocycles. The van der Waals surface area contributed by atoms with Crippen LogP contribution in [0.25, 0.3) is 0 Å². The normalized spacial score (nSPS) is 32.4. The highest BCUT2D eigenvalue weighted by atomic mass is 16.4. The molecule has 0 aromatic rings. The maximum Gasteiger partial charge on any atom is 0.303 e. The largest absolute Gasteiger partial charge is 0.481 e. The monoisotopic (exact) mass is 267 g/mol. The minimum Gasteiger partial charge on any atom is -0.481 e. The van der Waals surface area contributed by atoms with Gasteiger partial charge in [0.05, 0.1) is 0 Å². The second kappa shape index (κ2) is 6.74. The molecule has 0 amide bonds. The molecule has 1 N–H and O–H groups in total. The Morgan fingerprint density at radius 3 is 2.37 bits per heavy atom. The number of nitrogens with zero attached hydrogens (tertiary/aromatic N) is 1. The molecule has 0 aliphatic carbocycles. The van der Waals surface area contributed by atoms with Crippen LogP contribution in [0.1, 0.15) is 71.6 Å². The van der Waals surface area contributed by atoms with Crippen molar-refractivity contribution in [3.63, 3.8) is 0 Å². The Hall–Kier alpha value is -0.570. The summed E-state index contributed by atoms with van der Waals surface area (Å²) in [7, 11) is 0. The maximum absolute atomic E-state index is 10.9. The highest BCUT2D eigenvalue weighted by Crippen LogP contribution is 2.42. The summed E-state index contributed by atoms with van der Waals surface area (Å²) in [6.45, 7) is 4.57. The molecule has 3 unspecified atom stereocenters. The molecule has 3 nitrogen and oxygen atoms in total. The summed E-state index contributed by atoms with van der Waals surface area (Å²) >= 11 is 0. The van der Waals surface area contributed by atoms with Crippen LogP contribution in [0.3, 0.4) is 0 Å². The zero-order chi connectivity index (χ0) is 13.8. The van der Waals surface area contributed by atoms with E-state index in [0.29, 0.717) is 24.4 Å². The van der Waals surface area contributed by atoms with E-state index in [1.807, 2.05) is 0 Å². The average molecular weight is 267 g/mol. The van der Waals surface area contributed by atoms with Gasteiger partial charge in [-0.15, -0.1) is 0 Å². The summed E-state index contributed by atoms with van der Waals surface area (Å²) in [6.07, 6.45) is 10.4. The van der Waals surface area contributed by atoms with Crippen LogP contribution in [0.5, 0.6) is 0 Å². The molecule has 2 bridgehead atoms. The predicted molar refractivity (Wildman–Crippen MR) is 77.2 cm³/mol. The zero-order valence-corrected chi connectivity index (χ0v) is 12.5. The molecule has 2 fully saturated rings. The first-order valence-corrected chi connectivity index (χ1v) is 8.14. The predicted octanol–water partition coefficient (Wildman–Crippen LogP) is 3.67. The van der Waals surface area contributed by atoms with Crippen molar-refractivity contribution in [1.29, 1.82) is 0 Å². The third kappa shape index (κ3) is 3.50. The van der Waals surface area contributed by atoms with Crippen molar-refractivity contribution in [1.82, 2.24) is 4.90 Å². The van der Waals surface area contributed by atoms with Crippen molar-refractivity contribution in [3.05, 3.63) is 0 Å².